The van der Waals surface area contributed by atoms with Gasteiger partial charge in [0.1, 0.15) is 5.82 Å². The Balaban J connectivity index is 2.68. The first-order chi connectivity index (χ1) is 6.20. The van der Waals surface area contributed by atoms with Crippen LogP contribution < -0.4 is 11.2 Å². The molecule has 13 heavy (non-hydrogen) atoms. The number of rotatable bonds is 3. The highest BCUT2D eigenvalue weighted by molar-refractivity contribution is 6.33. The number of nitrogens with two attached hydrogens (primary N) is 1. The SMILES string of the molecule is C=C(N)N/N=C/c1ccccc1Cl. The second-order valence-corrected chi connectivity index (χ2v) is 2.82. The predicted octanol–water partition coefficient (Wildman–Crippen LogP) is 1.69. The van der Waals surface area contributed by atoms with Gasteiger partial charge in [-0.2, -0.15) is 5.10 Å². The molecule has 1 aromatic carbocycles. The molecule has 1 rings (SSSR count). The zero-order valence-corrected chi connectivity index (χ0v) is 7.75. The van der Waals surface area contributed by atoms with Gasteiger partial charge in [-0.15, -0.1) is 0 Å². The molecule has 0 aliphatic carbocycles. The summed E-state index contributed by atoms with van der Waals surface area (Å²) in [5.41, 5.74) is 8.59. The van der Waals surface area contributed by atoms with Crippen molar-refractivity contribution in [2.45, 2.75) is 0 Å². The Morgan fingerprint density at radius 3 is 2.85 bits per heavy atom. The zero-order chi connectivity index (χ0) is 9.68. The van der Waals surface area contributed by atoms with Gasteiger partial charge in [-0.05, 0) is 6.07 Å². The van der Waals surface area contributed by atoms with Gasteiger partial charge in [-0.1, -0.05) is 36.4 Å². The van der Waals surface area contributed by atoms with Crippen LogP contribution in [0.2, 0.25) is 5.02 Å². The van der Waals surface area contributed by atoms with Crippen molar-refractivity contribution < 1.29 is 0 Å². The van der Waals surface area contributed by atoms with Crippen molar-refractivity contribution in [1.82, 2.24) is 5.43 Å². The average molecular weight is 196 g/mol. The Bertz CT molecular complexity index is 333. The molecule has 0 fully saturated rings. The highest BCUT2D eigenvalue weighted by atomic mass is 35.5. The molecule has 0 aliphatic rings. The standard InChI is InChI=1S/C9H10ClN3/c1-7(11)13-12-6-8-4-2-3-5-9(8)10/h2-6,13H,1,11H2/b12-6+. The third-order valence-electron chi connectivity index (χ3n) is 1.32. The molecule has 0 saturated heterocycles. The summed E-state index contributed by atoms with van der Waals surface area (Å²) in [4.78, 5) is 0. The zero-order valence-electron chi connectivity index (χ0n) is 7.00. The first-order valence-electron chi connectivity index (χ1n) is 3.68. The second-order valence-electron chi connectivity index (χ2n) is 2.42. The van der Waals surface area contributed by atoms with E-state index in [0.717, 1.165) is 5.56 Å². The Kier molecular flexibility index (Phi) is 3.34. The molecule has 0 spiro atoms. The molecule has 4 heteroatoms. The third kappa shape index (κ3) is 3.17. The van der Waals surface area contributed by atoms with Crippen LogP contribution in [0, 0.1) is 0 Å². The van der Waals surface area contributed by atoms with E-state index < -0.39 is 0 Å². The molecule has 3 nitrogen and oxygen atoms in total. The van der Waals surface area contributed by atoms with Crippen LogP contribution in [0.15, 0.2) is 41.8 Å². The average Bonchev–Trinajstić information content (AvgIpc) is 2.08. The van der Waals surface area contributed by atoms with Crippen molar-refractivity contribution in [1.29, 1.82) is 0 Å². The van der Waals surface area contributed by atoms with E-state index in [0.29, 0.717) is 10.8 Å². The summed E-state index contributed by atoms with van der Waals surface area (Å²) in [6, 6.07) is 7.38. The van der Waals surface area contributed by atoms with E-state index in [4.69, 9.17) is 17.3 Å². The number of nitrogens with zero attached hydrogens (tertiary/aromatic N) is 1. The monoisotopic (exact) mass is 195 g/mol. The fourth-order valence-corrected chi connectivity index (χ4v) is 0.949. The lowest BCUT2D eigenvalue weighted by atomic mass is 10.2. The molecule has 0 saturated carbocycles. The van der Waals surface area contributed by atoms with E-state index in [1.807, 2.05) is 18.2 Å². The first kappa shape index (κ1) is 9.61. The lowest BCUT2D eigenvalue weighted by Crippen LogP contribution is -2.12. The van der Waals surface area contributed by atoms with Gasteiger partial charge in [0.15, 0.2) is 0 Å². The summed E-state index contributed by atoms with van der Waals surface area (Å²) in [6.07, 6.45) is 1.58. The molecule has 68 valence electrons. The van der Waals surface area contributed by atoms with Gasteiger partial charge in [-0.25, -0.2) is 0 Å². The molecular formula is C9H10ClN3. The van der Waals surface area contributed by atoms with Crippen LogP contribution in [0.3, 0.4) is 0 Å². The smallest absolute Gasteiger partial charge is 0.109 e. The topological polar surface area (TPSA) is 50.4 Å². The molecule has 1 aromatic rings. The number of benzene rings is 1. The number of hydrogen-bond donors (Lipinski definition) is 2. The molecule has 0 radical (unpaired) electrons. The van der Waals surface area contributed by atoms with Gasteiger partial charge in [0.2, 0.25) is 0 Å². The maximum Gasteiger partial charge on any atom is 0.109 e. The molecule has 0 heterocycles. The van der Waals surface area contributed by atoms with Crippen LogP contribution in [0.4, 0.5) is 0 Å². The van der Waals surface area contributed by atoms with Crippen LogP contribution in [-0.4, -0.2) is 6.21 Å². The Morgan fingerprint density at radius 1 is 1.54 bits per heavy atom. The molecular weight excluding hydrogens is 186 g/mol. The fraction of sp³-hybridized carbons (Fsp3) is 0. The van der Waals surface area contributed by atoms with Gasteiger partial charge < -0.3 is 5.73 Å². The molecule has 0 unspecified atom stereocenters. The number of hydrogen-bond acceptors (Lipinski definition) is 3. The first-order valence-corrected chi connectivity index (χ1v) is 4.06. The van der Waals surface area contributed by atoms with Crippen LogP contribution >= 0.6 is 11.6 Å². The van der Waals surface area contributed by atoms with Gasteiger partial charge in [0.05, 0.1) is 6.21 Å². The van der Waals surface area contributed by atoms with Crippen molar-refractivity contribution in [3.63, 3.8) is 0 Å². The maximum absolute atomic E-state index is 5.87. The van der Waals surface area contributed by atoms with E-state index in [9.17, 15) is 0 Å². The highest BCUT2D eigenvalue weighted by Gasteiger charge is 1.92. The van der Waals surface area contributed by atoms with E-state index in [1.165, 1.54) is 0 Å². The summed E-state index contributed by atoms with van der Waals surface area (Å²) >= 11 is 5.87. The Labute approximate surface area is 81.9 Å². The molecule has 0 amide bonds. The molecule has 0 aliphatic heterocycles. The van der Waals surface area contributed by atoms with E-state index >= 15 is 0 Å². The normalized spacial score (nSPS) is 10.2. The van der Waals surface area contributed by atoms with Crippen LogP contribution in [0.5, 0.6) is 0 Å². The molecule has 0 aromatic heterocycles. The molecule has 0 bridgehead atoms. The quantitative estimate of drug-likeness (QED) is 0.570. The minimum absolute atomic E-state index is 0.295. The highest BCUT2D eigenvalue weighted by Crippen LogP contribution is 2.11. The maximum atomic E-state index is 5.87. The van der Waals surface area contributed by atoms with E-state index in [2.05, 4.69) is 17.1 Å². The van der Waals surface area contributed by atoms with Crippen molar-refractivity contribution >= 4 is 17.8 Å². The predicted molar refractivity (Wildman–Crippen MR) is 55.5 cm³/mol. The Morgan fingerprint density at radius 2 is 2.23 bits per heavy atom. The van der Waals surface area contributed by atoms with E-state index in [-0.39, 0.29) is 0 Å². The van der Waals surface area contributed by atoms with E-state index in [1.54, 1.807) is 12.3 Å². The molecule has 0 atom stereocenters. The fourth-order valence-electron chi connectivity index (χ4n) is 0.765. The van der Waals surface area contributed by atoms with Crippen molar-refractivity contribution in [3.05, 3.63) is 47.3 Å². The number of halogens is 1. The number of hydrazone groups is 1. The van der Waals surface area contributed by atoms with Gasteiger partial charge in [0, 0.05) is 10.6 Å². The van der Waals surface area contributed by atoms with Crippen LogP contribution in [0.1, 0.15) is 5.56 Å². The minimum atomic E-state index is 0.295. The minimum Gasteiger partial charge on any atom is -0.385 e. The lowest BCUT2D eigenvalue weighted by Gasteiger charge is -1.97. The van der Waals surface area contributed by atoms with Crippen LogP contribution in [-0.2, 0) is 0 Å². The molecule has 3 N–H and O–H groups in total. The lowest BCUT2D eigenvalue weighted by molar-refractivity contribution is 0.882. The number of nitrogens with one attached hydrogen (secondary N) is 1. The van der Waals surface area contributed by atoms with Gasteiger partial charge in [-0.3, -0.25) is 5.43 Å². The summed E-state index contributed by atoms with van der Waals surface area (Å²) in [6.45, 7) is 3.43. The second kappa shape index (κ2) is 4.52. The summed E-state index contributed by atoms with van der Waals surface area (Å²) in [5, 5.41) is 4.47. The van der Waals surface area contributed by atoms with Gasteiger partial charge in [0.25, 0.3) is 0 Å². The van der Waals surface area contributed by atoms with Crippen LogP contribution in [0.25, 0.3) is 0 Å². The third-order valence-corrected chi connectivity index (χ3v) is 1.66. The van der Waals surface area contributed by atoms with Gasteiger partial charge >= 0.3 is 0 Å². The summed E-state index contributed by atoms with van der Waals surface area (Å²) in [5.74, 6) is 0.295. The summed E-state index contributed by atoms with van der Waals surface area (Å²) < 4.78 is 0. The summed E-state index contributed by atoms with van der Waals surface area (Å²) in [7, 11) is 0. The van der Waals surface area contributed by atoms with Crippen molar-refractivity contribution in [2.75, 3.05) is 0 Å². The van der Waals surface area contributed by atoms with Crippen molar-refractivity contribution in [3.8, 4) is 0 Å². The van der Waals surface area contributed by atoms with Crippen molar-refractivity contribution in [2.24, 2.45) is 10.8 Å². The Hall–Kier alpha value is -1.48. The largest absolute Gasteiger partial charge is 0.385 e.